The van der Waals surface area contributed by atoms with Gasteiger partial charge < -0.3 is 14.8 Å². The number of carbonyl (C=O) groups excluding carboxylic acids is 1. The topological polar surface area (TPSA) is 50.8 Å². The first-order valence-electron chi connectivity index (χ1n) is 11.0. The zero-order valence-corrected chi connectivity index (χ0v) is 17.1. The Balaban J connectivity index is 1.40. The van der Waals surface area contributed by atoms with Gasteiger partial charge in [0, 0.05) is 37.8 Å². The smallest absolute Gasteiger partial charge is 0.237 e. The quantitative estimate of drug-likeness (QED) is 0.815. The van der Waals surface area contributed by atoms with Crippen LogP contribution in [0.5, 0.6) is 5.75 Å². The van der Waals surface area contributed by atoms with Gasteiger partial charge >= 0.3 is 0 Å². The minimum absolute atomic E-state index is 0.0421. The summed E-state index contributed by atoms with van der Waals surface area (Å²) in [6.07, 6.45) is 9.39. The molecule has 4 rings (SSSR count). The molecule has 154 valence electrons. The number of likely N-dealkylation sites (tertiary alicyclic amines) is 1. The van der Waals surface area contributed by atoms with Crippen molar-refractivity contribution in [3.05, 3.63) is 29.8 Å². The largest absolute Gasteiger partial charge is 0.497 e. The number of hydrogen-bond acceptors (Lipinski definition) is 4. The molecule has 1 aromatic rings. The number of amides is 1. The fourth-order valence-electron chi connectivity index (χ4n) is 5.19. The predicted octanol–water partition coefficient (Wildman–Crippen LogP) is 3.27. The number of benzene rings is 1. The van der Waals surface area contributed by atoms with Gasteiger partial charge in [-0.25, -0.2) is 0 Å². The van der Waals surface area contributed by atoms with Crippen molar-refractivity contribution in [1.82, 2.24) is 10.2 Å². The normalized spacial score (nSPS) is 25.7. The van der Waals surface area contributed by atoms with Gasteiger partial charge in [-0.15, -0.1) is 0 Å². The van der Waals surface area contributed by atoms with Crippen molar-refractivity contribution in [3.8, 4) is 5.75 Å². The van der Waals surface area contributed by atoms with E-state index < -0.39 is 0 Å². The molecule has 0 bridgehead atoms. The highest BCUT2D eigenvalue weighted by Gasteiger charge is 2.40. The maximum absolute atomic E-state index is 13.0. The maximum Gasteiger partial charge on any atom is 0.237 e. The highest BCUT2D eigenvalue weighted by atomic mass is 16.5. The van der Waals surface area contributed by atoms with Crippen LogP contribution in [0, 0.1) is 0 Å². The second kappa shape index (κ2) is 8.83. The van der Waals surface area contributed by atoms with Crippen LogP contribution in [0.15, 0.2) is 24.3 Å². The summed E-state index contributed by atoms with van der Waals surface area (Å²) >= 11 is 0. The van der Waals surface area contributed by atoms with Gasteiger partial charge in [0.2, 0.25) is 5.91 Å². The third-order valence-corrected chi connectivity index (χ3v) is 7.16. The molecule has 1 aliphatic carbocycles. The molecule has 1 N–H and O–H groups in total. The van der Waals surface area contributed by atoms with Crippen LogP contribution >= 0.6 is 0 Å². The van der Waals surface area contributed by atoms with Crippen molar-refractivity contribution < 1.29 is 14.3 Å². The molecule has 2 heterocycles. The number of nitrogens with zero attached hydrogens (tertiary/aromatic N) is 1. The molecule has 2 saturated heterocycles. The van der Waals surface area contributed by atoms with Crippen molar-refractivity contribution in [3.63, 3.8) is 0 Å². The molecule has 0 unspecified atom stereocenters. The van der Waals surface area contributed by atoms with E-state index in [0.29, 0.717) is 12.6 Å². The van der Waals surface area contributed by atoms with Gasteiger partial charge in [0.25, 0.3) is 0 Å². The van der Waals surface area contributed by atoms with Gasteiger partial charge in [-0.3, -0.25) is 9.69 Å². The maximum atomic E-state index is 13.0. The van der Waals surface area contributed by atoms with Gasteiger partial charge in [0.1, 0.15) is 5.75 Å². The molecule has 3 fully saturated rings. The summed E-state index contributed by atoms with van der Waals surface area (Å²) in [6.45, 7) is 3.27. The zero-order chi connectivity index (χ0) is 19.4. The van der Waals surface area contributed by atoms with Gasteiger partial charge in [0.05, 0.1) is 13.2 Å². The van der Waals surface area contributed by atoms with Crippen LogP contribution < -0.4 is 10.1 Å². The average Bonchev–Trinajstić information content (AvgIpc) is 2.73. The number of rotatable bonds is 6. The molecule has 0 aromatic heterocycles. The zero-order valence-electron chi connectivity index (χ0n) is 17.1. The van der Waals surface area contributed by atoms with Crippen LogP contribution in [0.1, 0.15) is 56.9 Å². The lowest BCUT2D eigenvalue weighted by Crippen LogP contribution is -2.61. The van der Waals surface area contributed by atoms with Crippen LogP contribution in [0.3, 0.4) is 0 Å². The van der Waals surface area contributed by atoms with Crippen molar-refractivity contribution in [2.45, 2.75) is 68.9 Å². The second-order valence-electron chi connectivity index (χ2n) is 8.67. The summed E-state index contributed by atoms with van der Waals surface area (Å²) in [6, 6.07) is 9.03. The second-order valence-corrected chi connectivity index (χ2v) is 8.67. The first kappa shape index (κ1) is 19.7. The molecule has 1 aromatic carbocycles. The number of ether oxygens (including phenoxy) is 2. The minimum atomic E-state index is -0.0421. The SMILES string of the molecule is COc1ccc(C2(CNC(=O)[C@@H]3CCN3C3CCCCC3)CCOCC2)cc1. The van der Waals surface area contributed by atoms with Crippen LogP contribution in [0.25, 0.3) is 0 Å². The number of methoxy groups -OCH3 is 1. The van der Waals surface area contributed by atoms with Crippen molar-refractivity contribution in [2.75, 3.05) is 33.4 Å². The van der Waals surface area contributed by atoms with Gasteiger partial charge in [-0.2, -0.15) is 0 Å². The third kappa shape index (κ3) is 4.06. The summed E-state index contributed by atoms with van der Waals surface area (Å²) < 4.78 is 10.9. The van der Waals surface area contributed by atoms with E-state index in [1.807, 2.05) is 12.1 Å². The van der Waals surface area contributed by atoms with E-state index >= 15 is 0 Å². The molecule has 5 nitrogen and oxygen atoms in total. The van der Waals surface area contributed by atoms with Crippen LogP contribution in [0.4, 0.5) is 0 Å². The monoisotopic (exact) mass is 386 g/mol. The van der Waals surface area contributed by atoms with E-state index in [-0.39, 0.29) is 17.4 Å². The molecule has 1 saturated carbocycles. The first-order chi connectivity index (χ1) is 13.7. The van der Waals surface area contributed by atoms with Crippen LogP contribution in [0.2, 0.25) is 0 Å². The van der Waals surface area contributed by atoms with Crippen molar-refractivity contribution in [1.29, 1.82) is 0 Å². The van der Waals surface area contributed by atoms with E-state index in [1.165, 1.54) is 37.7 Å². The average molecular weight is 387 g/mol. The van der Waals surface area contributed by atoms with Gasteiger partial charge in [0.15, 0.2) is 0 Å². The molecule has 0 radical (unpaired) electrons. The van der Waals surface area contributed by atoms with E-state index in [2.05, 4.69) is 22.3 Å². The fourth-order valence-corrected chi connectivity index (χ4v) is 5.19. The van der Waals surface area contributed by atoms with E-state index in [1.54, 1.807) is 7.11 Å². The summed E-state index contributed by atoms with van der Waals surface area (Å²) in [7, 11) is 1.69. The van der Waals surface area contributed by atoms with Crippen molar-refractivity contribution >= 4 is 5.91 Å². The molecular formula is C23H34N2O3. The molecule has 1 amide bonds. The van der Waals surface area contributed by atoms with Crippen LogP contribution in [-0.2, 0) is 14.9 Å². The van der Waals surface area contributed by atoms with Gasteiger partial charge in [-0.05, 0) is 49.8 Å². The van der Waals surface area contributed by atoms with E-state index in [4.69, 9.17) is 9.47 Å². The Morgan fingerprint density at radius 3 is 2.46 bits per heavy atom. The summed E-state index contributed by atoms with van der Waals surface area (Å²) in [5.41, 5.74) is 1.23. The highest BCUT2D eigenvalue weighted by Crippen LogP contribution is 2.36. The number of nitrogens with one attached hydrogen (secondary N) is 1. The summed E-state index contributed by atoms with van der Waals surface area (Å²) in [5, 5.41) is 3.32. The Kier molecular flexibility index (Phi) is 6.22. The van der Waals surface area contributed by atoms with E-state index in [0.717, 1.165) is 44.8 Å². The summed E-state index contributed by atoms with van der Waals surface area (Å²) in [5.74, 6) is 1.09. The molecule has 2 aliphatic heterocycles. The Labute approximate surface area is 168 Å². The Morgan fingerprint density at radius 2 is 1.86 bits per heavy atom. The summed E-state index contributed by atoms with van der Waals surface area (Å²) in [4.78, 5) is 15.4. The molecule has 28 heavy (non-hydrogen) atoms. The minimum Gasteiger partial charge on any atom is -0.497 e. The Morgan fingerprint density at radius 1 is 1.14 bits per heavy atom. The first-order valence-corrected chi connectivity index (χ1v) is 11.0. The molecular weight excluding hydrogens is 352 g/mol. The standard InChI is InChI=1S/C23H34N2O3/c1-27-20-9-7-18(8-10-20)23(12-15-28-16-13-23)17-24-22(26)21-11-14-25(21)19-5-3-2-4-6-19/h7-10,19,21H,2-6,11-17H2,1H3,(H,24,26)/t21-/m0/s1. The van der Waals surface area contributed by atoms with Crippen LogP contribution in [-0.4, -0.2) is 56.3 Å². The van der Waals surface area contributed by atoms with Crippen molar-refractivity contribution in [2.24, 2.45) is 0 Å². The van der Waals surface area contributed by atoms with E-state index in [9.17, 15) is 4.79 Å². The fraction of sp³-hybridized carbons (Fsp3) is 0.696. The molecule has 5 heteroatoms. The number of carbonyl (C=O) groups is 1. The Bertz CT molecular complexity index is 648. The highest BCUT2D eigenvalue weighted by molar-refractivity contribution is 5.82. The Hall–Kier alpha value is -1.59. The third-order valence-electron chi connectivity index (χ3n) is 7.16. The molecule has 1 atom stereocenters. The lowest BCUT2D eigenvalue weighted by Gasteiger charge is -2.47. The lowest BCUT2D eigenvalue weighted by molar-refractivity contribution is -0.133. The van der Waals surface area contributed by atoms with Gasteiger partial charge in [-0.1, -0.05) is 31.4 Å². The molecule has 3 aliphatic rings. The predicted molar refractivity (Wildman–Crippen MR) is 110 cm³/mol. The number of hydrogen-bond donors (Lipinski definition) is 1. The molecule has 0 spiro atoms. The lowest BCUT2D eigenvalue weighted by atomic mass is 9.74.